The minimum absolute atomic E-state index is 0.0804. The van der Waals surface area contributed by atoms with Gasteiger partial charge in [-0.05, 0) is 37.5 Å². The molecule has 1 N–H and O–H groups in total. The Hall–Kier alpha value is -1.27. The number of hydrogen-bond acceptors (Lipinski definition) is 5. The number of piperidine rings is 1. The number of nitrogens with zero attached hydrogens (tertiary/aromatic N) is 2. The molecule has 1 aliphatic rings. The third-order valence-corrected chi connectivity index (χ3v) is 8.62. The van der Waals surface area contributed by atoms with E-state index in [4.69, 9.17) is 11.6 Å². The van der Waals surface area contributed by atoms with Crippen LogP contribution in [0.5, 0.6) is 0 Å². The van der Waals surface area contributed by atoms with Gasteiger partial charge < -0.3 is 5.32 Å². The smallest absolute Gasteiger partial charge is 0.243 e. The standard InChI is InChI=1S/C18H27ClFN3O5S2/c1-3-22(29(2,25)26)10-4-9-21-18(24)14-7-11-23(12-8-14)30(27,28)15-5-6-17(20)16(19)13-15/h5-6,13-14H,3-4,7-12H2,1-2H3,(H,21,24). The van der Waals surface area contributed by atoms with Gasteiger partial charge in [0.15, 0.2) is 0 Å². The maximum absolute atomic E-state index is 13.3. The molecule has 1 aromatic rings. The monoisotopic (exact) mass is 483 g/mol. The largest absolute Gasteiger partial charge is 0.356 e. The molecule has 0 unspecified atom stereocenters. The third kappa shape index (κ3) is 6.36. The van der Waals surface area contributed by atoms with Gasteiger partial charge in [0.25, 0.3) is 0 Å². The van der Waals surface area contributed by atoms with Gasteiger partial charge in [0.1, 0.15) is 5.82 Å². The van der Waals surface area contributed by atoms with Crippen molar-refractivity contribution in [3.63, 3.8) is 0 Å². The lowest BCUT2D eigenvalue weighted by Crippen LogP contribution is -2.43. The molecule has 1 aromatic carbocycles. The van der Waals surface area contributed by atoms with Crippen molar-refractivity contribution in [3.8, 4) is 0 Å². The first-order valence-electron chi connectivity index (χ1n) is 9.65. The molecule has 0 atom stereocenters. The summed E-state index contributed by atoms with van der Waals surface area (Å²) >= 11 is 5.69. The molecular weight excluding hydrogens is 457 g/mol. The van der Waals surface area contributed by atoms with Crippen molar-refractivity contribution in [1.82, 2.24) is 13.9 Å². The molecule has 0 radical (unpaired) electrons. The molecule has 8 nitrogen and oxygen atoms in total. The molecule has 0 saturated carbocycles. The van der Waals surface area contributed by atoms with Crippen molar-refractivity contribution >= 4 is 37.6 Å². The summed E-state index contributed by atoms with van der Waals surface area (Å²) < 4.78 is 64.4. The van der Waals surface area contributed by atoms with E-state index in [2.05, 4.69) is 5.32 Å². The summed E-state index contributed by atoms with van der Waals surface area (Å²) in [5.41, 5.74) is 0. The van der Waals surface area contributed by atoms with Gasteiger partial charge in [-0.2, -0.15) is 4.31 Å². The molecular formula is C18H27ClFN3O5S2. The molecule has 1 heterocycles. The van der Waals surface area contributed by atoms with Crippen LogP contribution in [0.4, 0.5) is 4.39 Å². The van der Waals surface area contributed by atoms with Crippen LogP contribution in [0.2, 0.25) is 5.02 Å². The first-order chi connectivity index (χ1) is 14.0. The normalized spacial score (nSPS) is 16.7. The number of hydrogen-bond donors (Lipinski definition) is 1. The molecule has 0 aliphatic carbocycles. The summed E-state index contributed by atoms with van der Waals surface area (Å²) in [6.45, 7) is 3.14. The molecule has 1 saturated heterocycles. The molecule has 0 aromatic heterocycles. The lowest BCUT2D eigenvalue weighted by atomic mass is 9.97. The summed E-state index contributed by atoms with van der Waals surface area (Å²) in [6, 6.07) is 3.27. The second-order valence-electron chi connectivity index (χ2n) is 7.15. The van der Waals surface area contributed by atoms with Gasteiger partial charge in [0.05, 0.1) is 16.2 Å². The van der Waals surface area contributed by atoms with E-state index in [1.807, 2.05) is 0 Å². The van der Waals surface area contributed by atoms with Gasteiger partial charge in [-0.15, -0.1) is 0 Å². The molecule has 1 aliphatic heterocycles. The third-order valence-electron chi connectivity index (χ3n) is 5.06. The van der Waals surface area contributed by atoms with Gasteiger partial charge in [0, 0.05) is 38.6 Å². The van der Waals surface area contributed by atoms with Gasteiger partial charge >= 0.3 is 0 Å². The average Bonchev–Trinajstić information content (AvgIpc) is 2.68. The number of rotatable bonds is 9. The van der Waals surface area contributed by atoms with E-state index in [1.165, 1.54) is 14.7 Å². The van der Waals surface area contributed by atoms with Crippen molar-refractivity contribution < 1.29 is 26.0 Å². The van der Waals surface area contributed by atoms with Crippen LogP contribution >= 0.6 is 11.6 Å². The zero-order valence-corrected chi connectivity index (χ0v) is 19.4. The minimum atomic E-state index is -3.81. The Labute approximate surface area is 182 Å². The SMILES string of the molecule is CCN(CCCNC(=O)C1CCN(S(=O)(=O)c2ccc(F)c(Cl)c2)CC1)S(C)(=O)=O. The van der Waals surface area contributed by atoms with E-state index in [0.29, 0.717) is 38.9 Å². The molecule has 170 valence electrons. The van der Waals surface area contributed by atoms with Crippen LogP contribution in [-0.4, -0.2) is 70.3 Å². The fourth-order valence-electron chi connectivity index (χ4n) is 3.31. The van der Waals surface area contributed by atoms with Crippen LogP contribution in [-0.2, 0) is 24.8 Å². The van der Waals surface area contributed by atoms with Crippen molar-refractivity contribution in [1.29, 1.82) is 0 Å². The average molecular weight is 484 g/mol. The topological polar surface area (TPSA) is 104 Å². The highest BCUT2D eigenvalue weighted by Gasteiger charge is 2.32. The molecule has 30 heavy (non-hydrogen) atoms. The van der Waals surface area contributed by atoms with Crippen LogP contribution in [0.15, 0.2) is 23.1 Å². The van der Waals surface area contributed by atoms with Crippen molar-refractivity contribution in [2.75, 3.05) is 39.0 Å². The molecule has 1 amide bonds. The predicted molar refractivity (Wildman–Crippen MR) is 113 cm³/mol. The highest BCUT2D eigenvalue weighted by molar-refractivity contribution is 7.89. The fourth-order valence-corrected chi connectivity index (χ4v) is 5.99. The Balaban J connectivity index is 1.83. The Bertz CT molecular complexity index is 964. The number of carbonyl (C=O) groups excluding carboxylic acids is 1. The van der Waals surface area contributed by atoms with E-state index in [-0.39, 0.29) is 34.8 Å². The van der Waals surface area contributed by atoms with E-state index in [1.54, 1.807) is 6.92 Å². The van der Waals surface area contributed by atoms with Gasteiger partial charge in [-0.1, -0.05) is 18.5 Å². The lowest BCUT2D eigenvalue weighted by Gasteiger charge is -2.30. The first-order valence-corrected chi connectivity index (χ1v) is 13.3. The number of sulfonamides is 2. The van der Waals surface area contributed by atoms with E-state index >= 15 is 0 Å². The summed E-state index contributed by atoms with van der Waals surface area (Å²) in [5.74, 6) is -1.17. The Kier molecular flexibility index (Phi) is 8.63. The number of nitrogens with one attached hydrogen (secondary N) is 1. The summed E-state index contributed by atoms with van der Waals surface area (Å²) in [6.07, 6.45) is 2.37. The number of carbonyl (C=O) groups is 1. The predicted octanol–water partition coefficient (Wildman–Crippen LogP) is 1.67. The van der Waals surface area contributed by atoms with Crippen molar-refractivity contribution in [2.45, 2.75) is 31.1 Å². The Morgan fingerprint density at radius 1 is 1.27 bits per heavy atom. The van der Waals surface area contributed by atoms with Gasteiger partial charge in [-0.3, -0.25) is 4.79 Å². The number of benzene rings is 1. The van der Waals surface area contributed by atoms with Crippen molar-refractivity contribution in [3.05, 3.63) is 29.0 Å². The zero-order valence-electron chi connectivity index (χ0n) is 17.0. The summed E-state index contributed by atoms with van der Waals surface area (Å²) in [7, 11) is -7.06. The first kappa shape index (κ1) is 25.0. The maximum atomic E-state index is 13.3. The lowest BCUT2D eigenvalue weighted by molar-refractivity contribution is -0.126. The zero-order chi connectivity index (χ0) is 22.5. The van der Waals surface area contributed by atoms with Crippen molar-refractivity contribution in [2.24, 2.45) is 5.92 Å². The van der Waals surface area contributed by atoms with Crippen LogP contribution in [0.3, 0.4) is 0 Å². The molecule has 0 bridgehead atoms. The molecule has 0 spiro atoms. The van der Waals surface area contributed by atoms with E-state index in [0.717, 1.165) is 18.4 Å². The van der Waals surface area contributed by atoms with Gasteiger partial charge in [-0.25, -0.2) is 25.5 Å². The van der Waals surface area contributed by atoms with Crippen LogP contribution < -0.4 is 5.32 Å². The second kappa shape index (κ2) is 10.4. The van der Waals surface area contributed by atoms with Crippen LogP contribution in [0.25, 0.3) is 0 Å². The number of amides is 1. The maximum Gasteiger partial charge on any atom is 0.243 e. The van der Waals surface area contributed by atoms with Crippen LogP contribution in [0.1, 0.15) is 26.2 Å². The Morgan fingerprint density at radius 2 is 1.90 bits per heavy atom. The second-order valence-corrected chi connectivity index (χ2v) is 11.5. The molecule has 2 rings (SSSR count). The van der Waals surface area contributed by atoms with E-state index < -0.39 is 25.9 Å². The molecule has 12 heteroatoms. The van der Waals surface area contributed by atoms with Crippen LogP contribution in [0, 0.1) is 11.7 Å². The molecule has 1 fully saturated rings. The van der Waals surface area contributed by atoms with E-state index in [9.17, 15) is 26.0 Å². The fraction of sp³-hybridized carbons (Fsp3) is 0.611. The summed E-state index contributed by atoms with van der Waals surface area (Å²) in [5, 5.41) is 2.53. The Morgan fingerprint density at radius 3 is 2.43 bits per heavy atom. The quantitative estimate of drug-likeness (QED) is 0.538. The summed E-state index contributed by atoms with van der Waals surface area (Å²) in [4.78, 5) is 12.3. The highest BCUT2D eigenvalue weighted by atomic mass is 35.5. The number of halogens is 2. The van der Waals surface area contributed by atoms with Gasteiger partial charge in [0.2, 0.25) is 26.0 Å². The minimum Gasteiger partial charge on any atom is -0.356 e. The highest BCUT2D eigenvalue weighted by Crippen LogP contribution is 2.26.